The highest BCUT2D eigenvalue weighted by Crippen LogP contribution is 2.31. The number of fused-ring (bicyclic) bond motifs is 1. The largest absolute Gasteiger partial charge is 0.386 e. The molecule has 1 heterocycles. The molecule has 1 aliphatic heterocycles. The standard InChI is InChI=1S/C16H15ClFNO/c17-12-7-11(8-13(18)9-12)16(20)15-6-5-10-3-1-2-4-14(10)19-15/h1-4,7-9,15-16,19-20H,5-6H2. The van der Waals surface area contributed by atoms with Crippen LogP contribution in [-0.4, -0.2) is 11.1 Å². The number of rotatable bonds is 2. The fourth-order valence-electron chi connectivity index (χ4n) is 2.68. The number of para-hydroxylation sites is 1. The van der Waals surface area contributed by atoms with Crippen LogP contribution in [0, 0.1) is 5.82 Å². The van der Waals surface area contributed by atoms with E-state index in [1.165, 1.54) is 17.7 Å². The molecule has 2 N–H and O–H groups in total. The molecule has 2 aromatic rings. The van der Waals surface area contributed by atoms with Crippen molar-refractivity contribution in [2.24, 2.45) is 0 Å². The number of hydrogen-bond acceptors (Lipinski definition) is 2. The van der Waals surface area contributed by atoms with Gasteiger partial charge in [-0.25, -0.2) is 4.39 Å². The molecule has 0 amide bonds. The van der Waals surface area contributed by atoms with Gasteiger partial charge in [0.15, 0.2) is 0 Å². The van der Waals surface area contributed by atoms with Gasteiger partial charge in [0.1, 0.15) is 5.82 Å². The van der Waals surface area contributed by atoms with Crippen molar-refractivity contribution in [2.75, 3.05) is 5.32 Å². The summed E-state index contributed by atoms with van der Waals surface area (Å²) in [5, 5.41) is 14.1. The van der Waals surface area contributed by atoms with Crippen LogP contribution >= 0.6 is 11.6 Å². The van der Waals surface area contributed by atoms with Crippen molar-refractivity contribution in [3.8, 4) is 0 Å². The fraction of sp³-hybridized carbons (Fsp3) is 0.250. The van der Waals surface area contributed by atoms with Crippen molar-refractivity contribution < 1.29 is 9.50 Å². The minimum Gasteiger partial charge on any atom is -0.386 e. The zero-order valence-electron chi connectivity index (χ0n) is 10.8. The second-order valence-electron chi connectivity index (χ2n) is 5.09. The molecule has 0 saturated heterocycles. The van der Waals surface area contributed by atoms with Crippen LogP contribution in [0.1, 0.15) is 23.7 Å². The van der Waals surface area contributed by atoms with E-state index in [-0.39, 0.29) is 6.04 Å². The Hall–Kier alpha value is -1.58. The molecular weight excluding hydrogens is 277 g/mol. The summed E-state index contributed by atoms with van der Waals surface area (Å²) in [6.45, 7) is 0. The first-order valence-electron chi connectivity index (χ1n) is 6.62. The zero-order valence-corrected chi connectivity index (χ0v) is 11.6. The highest BCUT2D eigenvalue weighted by atomic mass is 35.5. The summed E-state index contributed by atoms with van der Waals surface area (Å²) in [6.07, 6.45) is 0.914. The monoisotopic (exact) mass is 291 g/mol. The Morgan fingerprint density at radius 2 is 2.05 bits per heavy atom. The van der Waals surface area contributed by atoms with E-state index in [0.717, 1.165) is 18.5 Å². The van der Waals surface area contributed by atoms with Gasteiger partial charge >= 0.3 is 0 Å². The average Bonchev–Trinajstić information content (AvgIpc) is 2.45. The van der Waals surface area contributed by atoms with Crippen LogP contribution in [0.4, 0.5) is 10.1 Å². The minimum absolute atomic E-state index is 0.136. The highest BCUT2D eigenvalue weighted by Gasteiger charge is 2.25. The fourth-order valence-corrected chi connectivity index (χ4v) is 2.91. The number of halogens is 2. The van der Waals surface area contributed by atoms with Crippen LogP contribution < -0.4 is 5.32 Å². The third-order valence-electron chi connectivity index (χ3n) is 3.69. The van der Waals surface area contributed by atoms with E-state index in [4.69, 9.17) is 11.6 Å². The molecule has 0 aliphatic carbocycles. The lowest BCUT2D eigenvalue weighted by Gasteiger charge is -2.31. The number of aliphatic hydroxyl groups excluding tert-OH is 1. The zero-order chi connectivity index (χ0) is 14.1. The number of aliphatic hydroxyl groups is 1. The highest BCUT2D eigenvalue weighted by molar-refractivity contribution is 6.30. The molecule has 0 bridgehead atoms. The van der Waals surface area contributed by atoms with Crippen molar-refractivity contribution in [1.29, 1.82) is 0 Å². The Morgan fingerprint density at radius 1 is 1.25 bits per heavy atom. The Balaban J connectivity index is 1.83. The molecule has 0 aromatic heterocycles. The van der Waals surface area contributed by atoms with Gasteiger partial charge in [0.25, 0.3) is 0 Å². The third-order valence-corrected chi connectivity index (χ3v) is 3.91. The van der Waals surface area contributed by atoms with Gasteiger partial charge in [0.2, 0.25) is 0 Å². The molecule has 104 valence electrons. The Bertz CT molecular complexity index is 611. The first kappa shape index (κ1) is 13.4. The SMILES string of the molecule is OC(c1cc(F)cc(Cl)c1)C1CCc2ccccc2N1. The molecule has 2 unspecified atom stereocenters. The molecular formula is C16H15ClFNO. The first-order chi connectivity index (χ1) is 9.63. The summed E-state index contributed by atoms with van der Waals surface area (Å²) >= 11 is 5.84. The Labute approximate surface area is 122 Å². The summed E-state index contributed by atoms with van der Waals surface area (Å²) in [7, 11) is 0. The van der Waals surface area contributed by atoms with Crippen LogP contribution in [0.15, 0.2) is 42.5 Å². The van der Waals surface area contributed by atoms with Crippen molar-refractivity contribution >= 4 is 17.3 Å². The van der Waals surface area contributed by atoms with Gasteiger partial charge in [0, 0.05) is 10.7 Å². The lowest BCUT2D eigenvalue weighted by Crippen LogP contribution is -2.31. The minimum atomic E-state index is -0.781. The smallest absolute Gasteiger partial charge is 0.125 e. The van der Waals surface area contributed by atoms with Gasteiger partial charge in [-0.1, -0.05) is 29.8 Å². The predicted octanol–water partition coefficient (Wildman–Crippen LogP) is 3.94. The van der Waals surface area contributed by atoms with E-state index in [1.54, 1.807) is 6.07 Å². The van der Waals surface area contributed by atoms with Crippen LogP contribution in [0.5, 0.6) is 0 Å². The molecule has 2 aromatic carbocycles. The van der Waals surface area contributed by atoms with Gasteiger partial charge in [-0.05, 0) is 48.2 Å². The van der Waals surface area contributed by atoms with E-state index in [9.17, 15) is 9.50 Å². The Morgan fingerprint density at radius 3 is 2.85 bits per heavy atom. The maximum Gasteiger partial charge on any atom is 0.125 e. The van der Waals surface area contributed by atoms with Crippen molar-refractivity contribution in [3.05, 3.63) is 64.4 Å². The predicted molar refractivity (Wildman–Crippen MR) is 78.5 cm³/mol. The van der Waals surface area contributed by atoms with Crippen molar-refractivity contribution in [3.63, 3.8) is 0 Å². The van der Waals surface area contributed by atoms with Gasteiger partial charge in [0.05, 0.1) is 12.1 Å². The summed E-state index contributed by atoms with van der Waals surface area (Å²) < 4.78 is 13.4. The molecule has 0 fully saturated rings. The average molecular weight is 292 g/mol. The molecule has 0 spiro atoms. The van der Waals surface area contributed by atoms with Crippen LogP contribution in [-0.2, 0) is 6.42 Å². The first-order valence-corrected chi connectivity index (χ1v) is 7.00. The van der Waals surface area contributed by atoms with Gasteiger partial charge in [-0.2, -0.15) is 0 Å². The number of aryl methyl sites for hydroxylation is 1. The lowest BCUT2D eigenvalue weighted by molar-refractivity contribution is 0.148. The molecule has 0 radical (unpaired) electrons. The van der Waals surface area contributed by atoms with Crippen molar-refractivity contribution in [2.45, 2.75) is 25.0 Å². The summed E-state index contributed by atoms with van der Waals surface area (Å²) in [6, 6.07) is 12.1. The molecule has 2 nitrogen and oxygen atoms in total. The Kier molecular flexibility index (Phi) is 3.64. The van der Waals surface area contributed by atoms with E-state index >= 15 is 0 Å². The molecule has 2 atom stereocenters. The number of anilines is 1. The molecule has 3 rings (SSSR count). The topological polar surface area (TPSA) is 32.3 Å². The van der Waals surface area contributed by atoms with E-state index in [2.05, 4.69) is 11.4 Å². The molecule has 0 saturated carbocycles. The maximum atomic E-state index is 13.4. The number of hydrogen-bond donors (Lipinski definition) is 2. The quantitative estimate of drug-likeness (QED) is 0.878. The molecule has 4 heteroatoms. The molecule has 20 heavy (non-hydrogen) atoms. The van der Waals surface area contributed by atoms with Crippen LogP contribution in [0.3, 0.4) is 0 Å². The normalized spacial score (nSPS) is 19.1. The van der Waals surface area contributed by atoms with Gasteiger partial charge in [-0.15, -0.1) is 0 Å². The molecule has 1 aliphatic rings. The van der Waals surface area contributed by atoms with E-state index in [1.807, 2.05) is 18.2 Å². The van der Waals surface area contributed by atoms with E-state index < -0.39 is 11.9 Å². The summed E-state index contributed by atoms with van der Waals surface area (Å²) in [4.78, 5) is 0. The van der Waals surface area contributed by atoms with Crippen LogP contribution in [0.25, 0.3) is 0 Å². The van der Waals surface area contributed by atoms with Crippen molar-refractivity contribution in [1.82, 2.24) is 0 Å². The lowest BCUT2D eigenvalue weighted by atomic mass is 9.92. The third kappa shape index (κ3) is 2.65. The maximum absolute atomic E-state index is 13.4. The van der Waals surface area contributed by atoms with Crippen LogP contribution in [0.2, 0.25) is 5.02 Å². The van der Waals surface area contributed by atoms with Gasteiger partial charge < -0.3 is 10.4 Å². The van der Waals surface area contributed by atoms with Gasteiger partial charge in [-0.3, -0.25) is 0 Å². The van der Waals surface area contributed by atoms with E-state index in [0.29, 0.717) is 10.6 Å². The number of benzene rings is 2. The summed E-state index contributed by atoms with van der Waals surface area (Å²) in [5.74, 6) is -0.428. The summed E-state index contributed by atoms with van der Waals surface area (Å²) in [5.41, 5.74) is 2.78. The number of nitrogens with one attached hydrogen (secondary N) is 1. The second-order valence-corrected chi connectivity index (χ2v) is 5.53. The second kappa shape index (κ2) is 5.43.